The molecule has 110 valence electrons. The van der Waals surface area contributed by atoms with Gasteiger partial charge in [-0.25, -0.2) is 4.79 Å². The number of piperidine rings is 1. The van der Waals surface area contributed by atoms with Crippen LogP contribution in [0, 0.1) is 0 Å². The Labute approximate surface area is 124 Å². The Morgan fingerprint density at radius 1 is 1.45 bits per heavy atom. The Bertz CT molecular complexity index is 470. The van der Waals surface area contributed by atoms with Gasteiger partial charge in [-0.1, -0.05) is 13.0 Å². The van der Waals surface area contributed by atoms with Crippen molar-refractivity contribution < 1.29 is 14.6 Å². The molecule has 20 heavy (non-hydrogen) atoms. The van der Waals surface area contributed by atoms with Crippen molar-refractivity contribution in [1.29, 1.82) is 0 Å². The predicted molar refractivity (Wildman–Crippen MR) is 82.0 cm³/mol. The Balaban J connectivity index is 2.27. The highest BCUT2D eigenvalue weighted by atomic mass is 32.2. The van der Waals surface area contributed by atoms with Crippen molar-refractivity contribution in [2.24, 2.45) is 0 Å². The quantitative estimate of drug-likeness (QED) is 0.846. The summed E-state index contributed by atoms with van der Waals surface area (Å²) < 4.78 is 5.37. The average molecular weight is 295 g/mol. The Morgan fingerprint density at radius 3 is 2.70 bits per heavy atom. The number of thioether (sulfide) groups is 1. The summed E-state index contributed by atoms with van der Waals surface area (Å²) in [5, 5.41) is 9.54. The summed E-state index contributed by atoms with van der Waals surface area (Å²) in [6, 6.07) is 5.75. The van der Waals surface area contributed by atoms with Crippen LogP contribution in [-0.4, -0.2) is 43.1 Å². The molecule has 1 aliphatic heterocycles. The highest BCUT2D eigenvalue weighted by Gasteiger charge is 2.24. The second-order valence-electron chi connectivity index (χ2n) is 4.81. The van der Waals surface area contributed by atoms with Gasteiger partial charge in [0.2, 0.25) is 0 Å². The number of anilines is 1. The fourth-order valence-electron chi connectivity index (χ4n) is 2.61. The van der Waals surface area contributed by atoms with Crippen LogP contribution in [0.1, 0.15) is 30.1 Å². The smallest absolute Gasteiger partial charge is 0.338 e. The number of carbonyl (C=O) groups is 1. The van der Waals surface area contributed by atoms with E-state index < -0.39 is 5.97 Å². The first kappa shape index (κ1) is 15.2. The van der Waals surface area contributed by atoms with Gasteiger partial charge in [-0.05, 0) is 30.7 Å². The number of carboxylic acid groups (broad SMARTS) is 1. The summed E-state index contributed by atoms with van der Waals surface area (Å²) in [7, 11) is 1.74. The number of aromatic carboxylic acids is 1. The van der Waals surface area contributed by atoms with E-state index in [0.717, 1.165) is 42.3 Å². The van der Waals surface area contributed by atoms with E-state index in [1.54, 1.807) is 18.9 Å². The molecule has 1 saturated heterocycles. The van der Waals surface area contributed by atoms with Crippen LogP contribution >= 0.6 is 11.8 Å². The Morgan fingerprint density at radius 2 is 2.15 bits per heavy atom. The van der Waals surface area contributed by atoms with Crippen LogP contribution in [0.25, 0.3) is 0 Å². The number of nitrogens with zero attached hydrogens (tertiary/aromatic N) is 1. The van der Waals surface area contributed by atoms with Crippen LogP contribution in [0.5, 0.6) is 0 Å². The van der Waals surface area contributed by atoms with E-state index in [9.17, 15) is 9.90 Å². The molecule has 0 radical (unpaired) electrons. The minimum absolute atomic E-state index is 0.299. The van der Waals surface area contributed by atoms with E-state index in [1.165, 1.54) is 0 Å². The van der Waals surface area contributed by atoms with E-state index >= 15 is 0 Å². The Hall–Kier alpha value is -1.20. The second kappa shape index (κ2) is 6.99. The normalized spacial score (nSPS) is 16.4. The number of hydrogen-bond acceptors (Lipinski definition) is 4. The largest absolute Gasteiger partial charge is 0.478 e. The lowest BCUT2D eigenvalue weighted by molar-refractivity contribution is 0.0692. The first-order chi connectivity index (χ1) is 9.67. The van der Waals surface area contributed by atoms with Crippen LogP contribution in [0.3, 0.4) is 0 Å². The first-order valence-corrected chi connectivity index (χ1v) is 7.92. The van der Waals surface area contributed by atoms with Gasteiger partial charge in [-0.15, -0.1) is 11.8 Å². The maximum absolute atomic E-state index is 11.6. The summed E-state index contributed by atoms with van der Waals surface area (Å²) in [5.74, 6) is 0.0283. The number of benzene rings is 1. The molecule has 0 saturated carbocycles. The summed E-state index contributed by atoms with van der Waals surface area (Å²) >= 11 is 1.58. The minimum atomic E-state index is -0.842. The van der Waals surface area contributed by atoms with Crippen molar-refractivity contribution in [3.05, 3.63) is 23.8 Å². The molecule has 1 aromatic carbocycles. The molecule has 0 aromatic heterocycles. The van der Waals surface area contributed by atoms with E-state index in [1.807, 2.05) is 25.1 Å². The molecule has 1 N–H and O–H groups in total. The molecule has 0 atom stereocenters. The zero-order valence-corrected chi connectivity index (χ0v) is 12.8. The van der Waals surface area contributed by atoms with Crippen LogP contribution in [0.2, 0.25) is 0 Å². The zero-order valence-electron chi connectivity index (χ0n) is 12.0. The highest BCUT2D eigenvalue weighted by Crippen LogP contribution is 2.32. The third-order valence-electron chi connectivity index (χ3n) is 3.63. The third-order valence-corrected chi connectivity index (χ3v) is 4.57. The molecule has 5 heteroatoms. The topological polar surface area (TPSA) is 49.8 Å². The summed E-state index contributed by atoms with van der Waals surface area (Å²) in [4.78, 5) is 14.6. The standard InChI is InChI=1S/C15H21NO3S/c1-3-20-13-6-4-5-12(14(13)15(17)18)16-9-7-11(19-2)8-10-16/h4-6,11H,3,7-10H2,1-2H3,(H,17,18). The zero-order chi connectivity index (χ0) is 14.5. The van der Waals surface area contributed by atoms with Gasteiger partial charge >= 0.3 is 5.97 Å². The van der Waals surface area contributed by atoms with E-state index in [2.05, 4.69) is 4.90 Å². The van der Waals surface area contributed by atoms with E-state index in [4.69, 9.17) is 4.74 Å². The van der Waals surface area contributed by atoms with E-state index in [-0.39, 0.29) is 0 Å². The van der Waals surface area contributed by atoms with Gasteiger partial charge in [0.15, 0.2) is 0 Å². The van der Waals surface area contributed by atoms with Crippen molar-refractivity contribution in [3.63, 3.8) is 0 Å². The molecule has 0 spiro atoms. The van der Waals surface area contributed by atoms with Gasteiger partial charge in [-0.2, -0.15) is 0 Å². The number of hydrogen-bond donors (Lipinski definition) is 1. The maximum atomic E-state index is 11.6. The second-order valence-corrected chi connectivity index (χ2v) is 6.12. The van der Waals surface area contributed by atoms with Gasteiger partial charge in [0.05, 0.1) is 17.4 Å². The average Bonchev–Trinajstić information content (AvgIpc) is 2.47. The molecule has 1 fully saturated rings. The molecule has 0 amide bonds. The predicted octanol–water partition coefficient (Wildman–Crippen LogP) is 3.11. The molecule has 0 bridgehead atoms. The van der Waals surface area contributed by atoms with Gasteiger partial charge in [0, 0.05) is 25.1 Å². The van der Waals surface area contributed by atoms with Crippen molar-refractivity contribution in [3.8, 4) is 0 Å². The monoisotopic (exact) mass is 295 g/mol. The molecular formula is C15H21NO3S. The first-order valence-electron chi connectivity index (χ1n) is 6.94. The number of methoxy groups -OCH3 is 1. The van der Waals surface area contributed by atoms with Crippen molar-refractivity contribution in [2.75, 3.05) is 30.9 Å². The Kier molecular flexibility index (Phi) is 5.31. The lowest BCUT2D eigenvalue weighted by Gasteiger charge is -2.34. The van der Waals surface area contributed by atoms with Gasteiger partial charge in [-0.3, -0.25) is 0 Å². The molecule has 2 rings (SSSR count). The minimum Gasteiger partial charge on any atom is -0.478 e. The lowest BCUT2D eigenvalue weighted by Crippen LogP contribution is -2.37. The molecule has 1 heterocycles. The van der Waals surface area contributed by atoms with Crippen molar-refractivity contribution in [2.45, 2.75) is 30.8 Å². The number of carboxylic acids is 1. The maximum Gasteiger partial charge on any atom is 0.338 e. The van der Waals surface area contributed by atoms with Crippen LogP contribution < -0.4 is 4.90 Å². The van der Waals surface area contributed by atoms with Gasteiger partial charge < -0.3 is 14.7 Å². The highest BCUT2D eigenvalue weighted by molar-refractivity contribution is 7.99. The van der Waals surface area contributed by atoms with E-state index in [0.29, 0.717) is 11.7 Å². The van der Waals surface area contributed by atoms with Gasteiger partial charge in [0.25, 0.3) is 0 Å². The molecular weight excluding hydrogens is 274 g/mol. The molecule has 1 aliphatic rings. The third kappa shape index (κ3) is 3.27. The van der Waals surface area contributed by atoms with Crippen LogP contribution in [0.4, 0.5) is 5.69 Å². The summed E-state index contributed by atoms with van der Waals surface area (Å²) in [6.45, 7) is 3.73. The van der Waals surface area contributed by atoms with Gasteiger partial charge in [0.1, 0.15) is 0 Å². The lowest BCUT2D eigenvalue weighted by atomic mass is 10.0. The number of ether oxygens (including phenoxy) is 1. The summed E-state index contributed by atoms with van der Waals surface area (Å²) in [6.07, 6.45) is 2.19. The molecule has 0 unspecified atom stereocenters. The SMILES string of the molecule is CCSc1cccc(N2CCC(OC)CC2)c1C(=O)O. The van der Waals surface area contributed by atoms with Crippen LogP contribution in [0.15, 0.2) is 23.1 Å². The number of rotatable bonds is 5. The molecule has 4 nitrogen and oxygen atoms in total. The van der Waals surface area contributed by atoms with Crippen molar-refractivity contribution >= 4 is 23.4 Å². The van der Waals surface area contributed by atoms with Crippen LogP contribution in [-0.2, 0) is 4.74 Å². The molecule has 0 aliphatic carbocycles. The molecule has 1 aromatic rings. The fraction of sp³-hybridized carbons (Fsp3) is 0.533. The summed E-state index contributed by atoms with van der Waals surface area (Å²) in [5.41, 5.74) is 1.28. The fourth-order valence-corrected chi connectivity index (χ4v) is 3.43. The van der Waals surface area contributed by atoms with Crippen molar-refractivity contribution in [1.82, 2.24) is 0 Å².